The molecule has 0 radical (unpaired) electrons. The van der Waals surface area contributed by atoms with E-state index < -0.39 is 0 Å². The topological polar surface area (TPSA) is 42.4 Å². The first-order valence-electron chi connectivity index (χ1n) is 9.53. The van der Waals surface area contributed by atoms with Crippen molar-refractivity contribution in [1.82, 2.24) is 9.88 Å². The molecular weight excluding hydrogens is 360 g/mol. The van der Waals surface area contributed by atoms with Gasteiger partial charge >= 0.3 is 0 Å². The number of carbonyl (C=O) groups excluding carboxylic acids is 1. The largest absolute Gasteiger partial charge is 0.483 e. The fourth-order valence-electron chi connectivity index (χ4n) is 3.31. The van der Waals surface area contributed by atoms with Gasteiger partial charge in [-0.05, 0) is 68.0 Å². The Hall–Kier alpha value is -2.07. The normalized spacial score (nSPS) is 14.9. The molecule has 0 saturated heterocycles. The van der Waals surface area contributed by atoms with Crippen LogP contribution < -0.4 is 4.74 Å². The van der Waals surface area contributed by atoms with E-state index in [1.54, 1.807) is 6.20 Å². The van der Waals surface area contributed by atoms with Gasteiger partial charge in [0.05, 0.1) is 11.7 Å². The molecule has 0 bridgehead atoms. The molecule has 27 heavy (non-hydrogen) atoms. The molecule has 4 nitrogen and oxygen atoms in total. The van der Waals surface area contributed by atoms with Gasteiger partial charge in [-0.25, -0.2) is 0 Å². The molecule has 0 aliphatic heterocycles. The van der Waals surface area contributed by atoms with Gasteiger partial charge in [-0.1, -0.05) is 31.5 Å². The van der Waals surface area contributed by atoms with E-state index in [2.05, 4.69) is 18.8 Å². The molecule has 1 aliphatic carbocycles. The zero-order chi connectivity index (χ0) is 19.6. The lowest BCUT2D eigenvalue weighted by Crippen LogP contribution is -2.39. The van der Waals surface area contributed by atoms with Gasteiger partial charge in [0.15, 0.2) is 6.61 Å². The maximum Gasteiger partial charge on any atom is 0.261 e. The van der Waals surface area contributed by atoms with E-state index in [4.69, 9.17) is 16.3 Å². The van der Waals surface area contributed by atoms with Crippen LogP contribution in [0, 0.1) is 6.92 Å². The minimum Gasteiger partial charge on any atom is -0.483 e. The molecule has 1 atom stereocenters. The van der Waals surface area contributed by atoms with Crippen molar-refractivity contribution in [1.29, 1.82) is 0 Å². The fourth-order valence-corrected chi connectivity index (χ4v) is 3.49. The predicted molar refractivity (Wildman–Crippen MR) is 108 cm³/mol. The fraction of sp³-hybridized carbons (Fsp3) is 0.455. The van der Waals surface area contributed by atoms with Crippen LogP contribution in [-0.4, -0.2) is 28.4 Å². The summed E-state index contributed by atoms with van der Waals surface area (Å²) in [6, 6.07) is 9.90. The number of ether oxygens (including phenoxy) is 1. The second-order valence-electron chi connectivity index (χ2n) is 7.55. The second-order valence-corrected chi connectivity index (χ2v) is 7.95. The number of benzene rings is 1. The standard InChI is InChI=1S/C22H27ClN2O2/c1-14(2)18-12-19(23)15(3)11-21(18)27-13-22(26)25(17-8-9-17)16(4)20-7-5-6-10-24-20/h5-7,10-12,14,16-17H,8-9,13H2,1-4H3. The summed E-state index contributed by atoms with van der Waals surface area (Å²) in [7, 11) is 0. The van der Waals surface area contributed by atoms with Gasteiger partial charge in [0.25, 0.3) is 5.91 Å². The molecule has 1 heterocycles. The van der Waals surface area contributed by atoms with E-state index in [0.29, 0.717) is 0 Å². The van der Waals surface area contributed by atoms with Crippen molar-refractivity contribution in [2.75, 3.05) is 6.61 Å². The first-order valence-corrected chi connectivity index (χ1v) is 9.91. The minimum atomic E-state index is -0.0636. The van der Waals surface area contributed by atoms with Crippen LogP contribution in [0.1, 0.15) is 62.4 Å². The van der Waals surface area contributed by atoms with Crippen LogP contribution in [0.3, 0.4) is 0 Å². The number of hydrogen-bond donors (Lipinski definition) is 0. The number of aromatic nitrogens is 1. The molecule has 1 aromatic carbocycles. The van der Waals surface area contributed by atoms with Crippen LogP contribution >= 0.6 is 11.6 Å². The summed E-state index contributed by atoms with van der Waals surface area (Å²) < 4.78 is 5.97. The van der Waals surface area contributed by atoms with Gasteiger partial charge in [-0.15, -0.1) is 0 Å². The van der Waals surface area contributed by atoms with Crippen molar-refractivity contribution in [3.05, 3.63) is 58.4 Å². The molecule has 1 fully saturated rings. The Morgan fingerprint density at radius 1 is 1.30 bits per heavy atom. The zero-order valence-electron chi connectivity index (χ0n) is 16.4. The minimum absolute atomic E-state index is 0.00189. The first-order chi connectivity index (χ1) is 12.9. The van der Waals surface area contributed by atoms with Crippen molar-refractivity contribution in [2.24, 2.45) is 0 Å². The predicted octanol–water partition coefficient (Wildman–Crippen LogP) is 5.30. The average Bonchev–Trinajstić information content (AvgIpc) is 3.48. The van der Waals surface area contributed by atoms with Crippen molar-refractivity contribution >= 4 is 17.5 Å². The third-order valence-electron chi connectivity index (χ3n) is 5.03. The summed E-state index contributed by atoms with van der Waals surface area (Å²) >= 11 is 6.26. The van der Waals surface area contributed by atoms with E-state index in [-0.39, 0.29) is 30.5 Å². The monoisotopic (exact) mass is 386 g/mol. The van der Waals surface area contributed by atoms with Gasteiger partial charge in [0.2, 0.25) is 0 Å². The molecule has 1 aliphatic rings. The van der Waals surface area contributed by atoms with Crippen LogP contribution in [0.4, 0.5) is 0 Å². The molecule has 1 amide bonds. The highest BCUT2D eigenvalue weighted by molar-refractivity contribution is 6.31. The van der Waals surface area contributed by atoms with Gasteiger partial charge in [0, 0.05) is 17.3 Å². The average molecular weight is 387 g/mol. The highest BCUT2D eigenvalue weighted by Gasteiger charge is 2.36. The van der Waals surface area contributed by atoms with Crippen LogP contribution in [0.2, 0.25) is 5.02 Å². The molecule has 144 valence electrons. The summed E-state index contributed by atoms with van der Waals surface area (Å²) in [6.07, 6.45) is 3.85. The Balaban J connectivity index is 1.75. The van der Waals surface area contributed by atoms with Crippen LogP contribution in [0.15, 0.2) is 36.5 Å². The third kappa shape index (κ3) is 4.62. The number of amides is 1. The number of halogens is 1. The molecule has 3 rings (SSSR count). The Bertz CT molecular complexity index is 803. The Morgan fingerprint density at radius 2 is 2.04 bits per heavy atom. The zero-order valence-corrected chi connectivity index (χ0v) is 17.2. The lowest BCUT2D eigenvalue weighted by atomic mass is 10.0. The molecule has 2 aromatic rings. The number of aryl methyl sites for hydroxylation is 1. The van der Waals surface area contributed by atoms with Crippen molar-refractivity contribution in [2.45, 2.75) is 58.5 Å². The van der Waals surface area contributed by atoms with Crippen LogP contribution in [-0.2, 0) is 4.79 Å². The first kappa shape index (κ1) is 19.7. The number of carbonyl (C=O) groups is 1. The van der Waals surface area contributed by atoms with E-state index in [0.717, 1.165) is 40.4 Å². The van der Waals surface area contributed by atoms with E-state index >= 15 is 0 Å². The van der Waals surface area contributed by atoms with E-state index in [9.17, 15) is 4.79 Å². The van der Waals surface area contributed by atoms with E-state index in [1.165, 1.54) is 0 Å². The number of pyridine rings is 1. The third-order valence-corrected chi connectivity index (χ3v) is 5.43. The molecule has 0 spiro atoms. The molecule has 1 saturated carbocycles. The summed E-state index contributed by atoms with van der Waals surface area (Å²) in [4.78, 5) is 19.3. The highest BCUT2D eigenvalue weighted by Crippen LogP contribution is 2.35. The number of hydrogen-bond acceptors (Lipinski definition) is 3. The van der Waals surface area contributed by atoms with Gasteiger partial charge in [0.1, 0.15) is 5.75 Å². The Kier molecular flexibility index (Phi) is 6.05. The number of rotatable bonds is 7. The van der Waals surface area contributed by atoms with Crippen molar-refractivity contribution < 1.29 is 9.53 Å². The molecule has 5 heteroatoms. The highest BCUT2D eigenvalue weighted by atomic mass is 35.5. The second kappa shape index (κ2) is 8.30. The molecular formula is C22H27ClN2O2. The molecule has 1 aromatic heterocycles. The maximum atomic E-state index is 13.0. The number of nitrogens with zero attached hydrogens (tertiary/aromatic N) is 2. The molecule has 1 unspecified atom stereocenters. The lowest BCUT2D eigenvalue weighted by Gasteiger charge is -2.29. The quantitative estimate of drug-likeness (QED) is 0.648. The SMILES string of the molecule is Cc1cc(OCC(=O)N(C2CC2)C(C)c2ccccn2)c(C(C)C)cc1Cl. The van der Waals surface area contributed by atoms with Crippen LogP contribution in [0.5, 0.6) is 5.75 Å². The molecule has 0 N–H and O–H groups in total. The van der Waals surface area contributed by atoms with Crippen molar-refractivity contribution in [3.8, 4) is 5.75 Å². The Labute approximate surface area is 166 Å². The smallest absolute Gasteiger partial charge is 0.261 e. The summed E-state index contributed by atoms with van der Waals surface area (Å²) in [5, 5.41) is 0.723. The maximum absolute atomic E-state index is 13.0. The summed E-state index contributed by atoms with van der Waals surface area (Å²) in [5.74, 6) is 1.000. The summed E-state index contributed by atoms with van der Waals surface area (Å²) in [6.45, 7) is 8.18. The van der Waals surface area contributed by atoms with Gasteiger partial charge in [-0.3, -0.25) is 9.78 Å². The lowest BCUT2D eigenvalue weighted by molar-refractivity contribution is -0.136. The summed E-state index contributed by atoms with van der Waals surface area (Å²) in [5.41, 5.74) is 2.88. The van der Waals surface area contributed by atoms with Gasteiger partial charge < -0.3 is 9.64 Å². The van der Waals surface area contributed by atoms with Crippen LogP contribution in [0.25, 0.3) is 0 Å². The Morgan fingerprint density at radius 3 is 2.63 bits per heavy atom. The van der Waals surface area contributed by atoms with Crippen molar-refractivity contribution in [3.63, 3.8) is 0 Å². The van der Waals surface area contributed by atoms with E-state index in [1.807, 2.05) is 49.1 Å². The van der Waals surface area contributed by atoms with Gasteiger partial charge in [-0.2, -0.15) is 0 Å².